The molecule has 0 aliphatic carbocycles. The predicted octanol–water partition coefficient (Wildman–Crippen LogP) is 4.53. The van der Waals surface area contributed by atoms with E-state index in [9.17, 15) is 13.6 Å². The van der Waals surface area contributed by atoms with Crippen LogP contribution in [-0.2, 0) is 17.8 Å². The van der Waals surface area contributed by atoms with Crippen molar-refractivity contribution in [3.8, 4) is 0 Å². The molecule has 0 fully saturated rings. The molecule has 3 nitrogen and oxygen atoms in total. The number of aryl methyl sites for hydroxylation is 2. The number of fused-ring (bicyclic) bond motifs is 1. The van der Waals surface area contributed by atoms with Crippen LogP contribution >= 0.6 is 0 Å². The molecule has 0 radical (unpaired) electrons. The van der Waals surface area contributed by atoms with E-state index < -0.39 is 11.6 Å². The van der Waals surface area contributed by atoms with E-state index in [0.29, 0.717) is 0 Å². The third kappa shape index (κ3) is 3.40. The number of carbonyl (C=O) groups is 1. The summed E-state index contributed by atoms with van der Waals surface area (Å²) in [4.78, 5) is 13.9. The van der Waals surface area contributed by atoms with Gasteiger partial charge in [-0.1, -0.05) is 18.2 Å². The SMILES string of the molecule is Cc1ccc2c(CC(=O)N(C)Cc3ccc(F)cc3F)coc2c1C. The van der Waals surface area contributed by atoms with Gasteiger partial charge in [0.15, 0.2) is 0 Å². The first-order valence-electron chi connectivity index (χ1n) is 8.01. The molecular weight excluding hydrogens is 324 g/mol. The van der Waals surface area contributed by atoms with Crippen LogP contribution in [0.15, 0.2) is 41.0 Å². The zero-order chi connectivity index (χ0) is 18.1. The van der Waals surface area contributed by atoms with Gasteiger partial charge in [-0.3, -0.25) is 4.79 Å². The lowest BCUT2D eigenvalue weighted by atomic mass is 10.0. The smallest absolute Gasteiger partial charge is 0.227 e. The normalized spacial score (nSPS) is 11.1. The molecule has 0 saturated heterocycles. The van der Waals surface area contributed by atoms with Crippen molar-refractivity contribution in [2.75, 3.05) is 7.05 Å². The fourth-order valence-electron chi connectivity index (χ4n) is 2.82. The summed E-state index contributed by atoms with van der Waals surface area (Å²) < 4.78 is 32.3. The molecule has 130 valence electrons. The minimum Gasteiger partial charge on any atom is -0.464 e. The van der Waals surface area contributed by atoms with E-state index in [4.69, 9.17) is 4.42 Å². The fraction of sp³-hybridized carbons (Fsp3) is 0.250. The second-order valence-corrected chi connectivity index (χ2v) is 6.31. The van der Waals surface area contributed by atoms with Crippen LogP contribution < -0.4 is 0 Å². The van der Waals surface area contributed by atoms with E-state index in [0.717, 1.165) is 33.7 Å². The standard InChI is InChI=1S/C20H19F2NO2/c1-12-4-7-17-15(11-25-20(17)13(12)2)8-19(24)23(3)10-14-5-6-16(21)9-18(14)22/h4-7,9,11H,8,10H2,1-3H3. The zero-order valence-electron chi connectivity index (χ0n) is 14.4. The largest absolute Gasteiger partial charge is 0.464 e. The van der Waals surface area contributed by atoms with Crippen LogP contribution in [0, 0.1) is 25.5 Å². The van der Waals surface area contributed by atoms with Crippen molar-refractivity contribution in [2.45, 2.75) is 26.8 Å². The topological polar surface area (TPSA) is 33.5 Å². The summed E-state index contributed by atoms with van der Waals surface area (Å²) in [6.45, 7) is 4.07. The van der Waals surface area contributed by atoms with Gasteiger partial charge in [0.1, 0.15) is 17.2 Å². The summed E-state index contributed by atoms with van der Waals surface area (Å²) in [7, 11) is 1.60. The molecule has 0 N–H and O–H groups in total. The van der Waals surface area contributed by atoms with E-state index in [1.54, 1.807) is 13.3 Å². The van der Waals surface area contributed by atoms with Crippen molar-refractivity contribution < 1.29 is 18.0 Å². The number of hydrogen-bond acceptors (Lipinski definition) is 2. The summed E-state index contributed by atoms with van der Waals surface area (Å²) in [5, 5.41) is 0.915. The highest BCUT2D eigenvalue weighted by molar-refractivity contribution is 5.89. The quantitative estimate of drug-likeness (QED) is 0.697. The Kier molecular flexibility index (Phi) is 4.57. The van der Waals surface area contributed by atoms with Gasteiger partial charge in [0.25, 0.3) is 0 Å². The first-order chi connectivity index (χ1) is 11.9. The van der Waals surface area contributed by atoms with E-state index in [1.165, 1.54) is 17.0 Å². The lowest BCUT2D eigenvalue weighted by Crippen LogP contribution is -2.28. The van der Waals surface area contributed by atoms with Crippen molar-refractivity contribution in [2.24, 2.45) is 0 Å². The summed E-state index contributed by atoms with van der Waals surface area (Å²) in [5.41, 5.74) is 4.05. The van der Waals surface area contributed by atoms with Crippen LogP contribution in [0.5, 0.6) is 0 Å². The number of hydrogen-bond donors (Lipinski definition) is 0. The van der Waals surface area contributed by atoms with Gasteiger partial charge in [-0.15, -0.1) is 0 Å². The molecule has 0 saturated carbocycles. The molecule has 1 aromatic heterocycles. The number of halogens is 2. The van der Waals surface area contributed by atoms with Crippen LogP contribution in [0.4, 0.5) is 8.78 Å². The highest BCUT2D eigenvalue weighted by Gasteiger charge is 2.17. The molecule has 2 aromatic carbocycles. The number of likely N-dealkylation sites (N-methyl/N-ethyl adjacent to an activating group) is 1. The van der Waals surface area contributed by atoms with Crippen molar-refractivity contribution in [1.82, 2.24) is 4.90 Å². The number of rotatable bonds is 4. The zero-order valence-corrected chi connectivity index (χ0v) is 14.4. The van der Waals surface area contributed by atoms with Gasteiger partial charge in [0, 0.05) is 36.2 Å². The first-order valence-corrected chi connectivity index (χ1v) is 8.01. The minimum absolute atomic E-state index is 0.0822. The number of carbonyl (C=O) groups excluding carboxylic acids is 1. The molecule has 0 bridgehead atoms. The molecule has 0 spiro atoms. The van der Waals surface area contributed by atoms with Gasteiger partial charge in [0.2, 0.25) is 5.91 Å². The Bertz CT molecular complexity index is 946. The maximum Gasteiger partial charge on any atom is 0.227 e. The monoisotopic (exact) mass is 343 g/mol. The second kappa shape index (κ2) is 6.67. The molecule has 0 aliphatic heterocycles. The molecule has 3 aromatic rings. The molecule has 5 heteroatoms. The molecule has 0 aliphatic rings. The van der Waals surface area contributed by atoms with Crippen LogP contribution in [0.1, 0.15) is 22.3 Å². The Hall–Kier alpha value is -2.69. The molecule has 1 heterocycles. The van der Waals surface area contributed by atoms with Crippen molar-refractivity contribution >= 4 is 16.9 Å². The van der Waals surface area contributed by atoms with E-state index in [1.807, 2.05) is 26.0 Å². The van der Waals surface area contributed by atoms with Gasteiger partial charge >= 0.3 is 0 Å². The van der Waals surface area contributed by atoms with Gasteiger partial charge in [-0.05, 0) is 31.0 Å². The van der Waals surface area contributed by atoms with E-state index >= 15 is 0 Å². The van der Waals surface area contributed by atoms with Crippen molar-refractivity contribution in [3.63, 3.8) is 0 Å². The Labute approximate surface area is 144 Å². The molecule has 1 amide bonds. The Morgan fingerprint density at radius 2 is 1.88 bits per heavy atom. The molecule has 0 unspecified atom stereocenters. The van der Waals surface area contributed by atoms with Gasteiger partial charge in [-0.25, -0.2) is 8.78 Å². The van der Waals surface area contributed by atoms with Crippen molar-refractivity contribution in [3.05, 3.63) is 70.5 Å². The lowest BCUT2D eigenvalue weighted by molar-refractivity contribution is -0.129. The maximum atomic E-state index is 13.7. The lowest BCUT2D eigenvalue weighted by Gasteiger charge is -2.17. The number of nitrogens with zero attached hydrogens (tertiary/aromatic N) is 1. The fourth-order valence-corrected chi connectivity index (χ4v) is 2.82. The summed E-state index contributed by atoms with van der Waals surface area (Å²) in [6, 6.07) is 7.31. The van der Waals surface area contributed by atoms with E-state index in [2.05, 4.69) is 0 Å². The average molecular weight is 343 g/mol. The third-order valence-electron chi connectivity index (χ3n) is 4.53. The number of benzene rings is 2. The van der Waals surface area contributed by atoms with E-state index in [-0.39, 0.29) is 24.4 Å². The summed E-state index contributed by atoms with van der Waals surface area (Å²) in [5.74, 6) is -1.45. The first kappa shape index (κ1) is 17.1. The number of amides is 1. The van der Waals surface area contributed by atoms with Gasteiger partial charge < -0.3 is 9.32 Å². The highest BCUT2D eigenvalue weighted by atomic mass is 19.1. The molecular formula is C20H19F2NO2. The van der Waals surface area contributed by atoms with Gasteiger partial charge in [-0.2, -0.15) is 0 Å². The van der Waals surface area contributed by atoms with Gasteiger partial charge in [0.05, 0.1) is 12.7 Å². The van der Waals surface area contributed by atoms with Crippen LogP contribution in [0.2, 0.25) is 0 Å². The highest BCUT2D eigenvalue weighted by Crippen LogP contribution is 2.27. The molecule has 3 rings (SSSR count). The second-order valence-electron chi connectivity index (χ2n) is 6.31. The maximum absolute atomic E-state index is 13.7. The third-order valence-corrected chi connectivity index (χ3v) is 4.53. The van der Waals surface area contributed by atoms with Crippen molar-refractivity contribution in [1.29, 1.82) is 0 Å². The Morgan fingerprint density at radius 3 is 2.60 bits per heavy atom. The van der Waals surface area contributed by atoms with Crippen LogP contribution in [0.25, 0.3) is 11.0 Å². The Balaban J connectivity index is 1.77. The summed E-state index contributed by atoms with van der Waals surface area (Å²) >= 11 is 0. The predicted molar refractivity (Wildman–Crippen MR) is 92.2 cm³/mol. The Morgan fingerprint density at radius 1 is 1.12 bits per heavy atom. The minimum atomic E-state index is -0.653. The summed E-state index contributed by atoms with van der Waals surface area (Å²) in [6.07, 6.45) is 1.76. The molecule has 0 atom stereocenters. The van der Waals surface area contributed by atoms with Crippen LogP contribution in [0.3, 0.4) is 0 Å². The molecule has 25 heavy (non-hydrogen) atoms. The number of furan rings is 1. The van der Waals surface area contributed by atoms with Crippen LogP contribution in [-0.4, -0.2) is 17.9 Å². The average Bonchev–Trinajstić information content (AvgIpc) is 2.97.